The van der Waals surface area contributed by atoms with Crippen molar-refractivity contribution in [3.05, 3.63) is 57.5 Å². The topological polar surface area (TPSA) is 74.8 Å². The quantitative estimate of drug-likeness (QED) is 0.865. The van der Waals surface area contributed by atoms with Gasteiger partial charge >= 0.3 is 0 Å². The predicted molar refractivity (Wildman–Crippen MR) is 88.0 cm³/mol. The number of halogens is 2. The molecule has 1 amide bonds. The van der Waals surface area contributed by atoms with Crippen LogP contribution < -0.4 is 10.9 Å². The van der Waals surface area contributed by atoms with Crippen LogP contribution in [0.5, 0.6) is 0 Å². The van der Waals surface area contributed by atoms with Gasteiger partial charge in [0.1, 0.15) is 17.3 Å². The molecule has 0 spiro atoms. The first-order valence-corrected chi connectivity index (χ1v) is 8.00. The highest BCUT2D eigenvalue weighted by molar-refractivity contribution is 7.94. The Morgan fingerprint density at radius 3 is 2.58 bits per heavy atom. The SMILES string of the molecule is Cc1nc(C(=O)N[C@@H](c2ccc(SF)c(F)c2)C(C)C)cc(=O)[nH]1. The Morgan fingerprint density at radius 1 is 1.33 bits per heavy atom. The molecule has 0 aliphatic rings. The zero-order valence-electron chi connectivity index (χ0n) is 13.4. The van der Waals surface area contributed by atoms with E-state index in [0.717, 1.165) is 6.07 Å². The van der Waals surface area contributed by atoms with E-state index in [1.807, 2.05) is 13.8 Å². The van der Waals surface area contributed by atoms with Gasteiger partial charge in [0.2, 0.25) is 0 Å². The molecule has 0 unspecified atom stereocenters. The lowest BCUT2D eigenvalue weighted by molar-refractivity contribution is 0.0919. The number of carbonyl (C=O) groups excluding carboxylic acids is 1. The Labute approximate surface area is 142 Å². The van der Waals surface area contributed by atoms with Crippen LogP contribution in [0.3, 0.4) is 0 Å². The molecule has 0 saturated carbocycles. The summed E-state index contributed by atoms with van der Waals surface area (Å²) >= 11 is -0.172. The summed E-state index contributed by atoms with van der Waals surface area (Å²) in [5, 5.41) is 2.75. The number of nitrogens with zero attached hydrogens (tertiary/aromatic N) is 1. The van der Waals surface area contributed by atoms with E-state index in [1.54, 1.807) is 13.0 Å². The third-order valence-electron chi connectivity index (χ3n) is 3.44. The minimum absolute atomic E-state index is 0.0155. The van der Waals surface area contributed by atoms with E-state index >= 15 is 0 Å². The summed E-state index contributed by atoms with van der Waals surface area (Å²) in [5.41, 5.74) is 0.0673. The van der Waals surface area contributed by atoms with E-state index in [9.17, 15) is 17.9 Å². The number of aromatic amines is 1. The van der Waals surface area contributed by atoms with Crippen LogP contribution in [0, 0.1) is 18.7 Å². The zero-order chi connectivity index (χ0) is 17.9. The lowest BCUT2D eigenvalue weighted by Gasteiger charge is -2.23. The molecule has 128 valence electrons. The summed E-state index contributed by atoms with van der Waals surface area (Å²) in [6.07, 6.45) is 0. The molecule has 1 aromatic heterocycles. The van der Waals surface area contributed by atoms with Crippen molar-refractivity contribution in [2.45, 2.75) is 31.7 Å². The number of hydrogen-bond acceptors (Lipinski definition) is 4. The molecule has 0 saturated heterocycles. The normalized spacial score (nSPS) is 12.2. The van der Waals surface area contributed by atoms with Crippen LogP contribution in [0.2, 0.25) is 0 Å². The molecule has 0 fully saturated rings. The van der Waals surface area contributed by atoms with Crippen molar-refractivity contribution in [2.24, 2.45) is 5.92 Å². The maximum atomic E-state index is 13.8. The molecule has 0 radical (unpaired) electrons. The number of benzene rings is 1. The number of aromatic nitrogens is 2. The zero-order valence-corrected chi connectivity index (χ0v) is 14.2. The van der Waals surface area contributed by atoms with Gasteiger partial charge in [-0.1, -0.05) is 19.9 Å². The summed E-state index contributed by atoms with van der Waals surface area (Å²) in [7, 11) is 0. The van der Waals surface area contributed by atoms with E-state index in [0.29, 0.717) is 11.4 Å². The van der Waals surface area contributed by atoms with E-state index in [1.165, 1.54) is 12.1 Å². The third kappa shape index (κ3) is 4.19. The molecule has 1 atom stereocenters. The van der Waals surface area contributed by atoms with E-state index in [4.69, 9.17) is 0 Å². The molecule has 2 rings (SSSR count). The van der Waals surface area contributed by atoms with Gasteiger partial charge in [0.05, 0.1) is 23.1 Å². The molecular formula is C16H17F2N3O2S. The fraction of sp³-hybridized carbons (Fsp3) is 0.312. The van der Waals surface area contributed by atoms with Crippen LogP contribution in [0.1, 0.15) is 41.8 Å². The molecule has 24 heavy (non-hydrogen) atoms. The van der Waals surface area contributed by atoms with E-state index < -0.39 is 23.3 Å². The summed E-state index contributed by atoms with van der Waals surface area (Å²) in [6, 6.07) is 4.68. The van der Waals surface area contributed by atoms with E-state index in [-0.39, 0.29) is 28.7 Å². The number of carbonyl (C=O) groups is 1. The number of H-pyrrole nitrogens is 1. The minimum atomic E-state index is -0.690. The first-order valence-electron chi connectivity index (χ1n) is 7.28. The molecule has 1 heterocycles. The molecule has 0 aliphatic heterocycles. The molecule has 0 aliphatic carbocycles. The molecule has 5 nitrogen and oxygen atoms in total. The number of nitrogens with one attached hydrogen (secondary N) is 2. The van der Waals surface area contributed by atoms with Crippen molar-refractivity contribution in [1.82, 2.24) is 15.3 Å². The number of rotatable bonds is 5. The van der Waals surface area contributed by atoms with Gasteiger partial charge in [-0.3, -0.25) is 9.59 Å². The summed E-state index contributed by atoms with van der Waals surface area (Å²) in [6.45, 7) is 5.29. The van der Waals surface area contributed by atoms with Gasteiger partial charge in [-0.15, -0.1) is 0 Å². The van der Waals surface area contributed by atoms with Gasteiger partial charge in [-0.25, -0.2) is 9.37 Å². The second-order valence-corrected chi connectivity index (χ2v) is 6.27. The number of amides is 1. The second kappa shape index (κ2) is 7.57. The van der Waals surface area contributed by atoms with Gasteiger partial charge in [-0.2, -0.15) is 3.89 Å². The lowest BCUT2D eigenvalue weighted by atomic mass is 9.95. The van der Waals surface area contributed by atoms with Crippen LogP contribution in [-0.4, -0.2) is 15.9 Å². The van der Waals surface area contributed by atoms with Crippen molar-refractivity contribution >= 4 is 18.1 Å². The van der Waals surface area contributed by atoms with Crippen molar-refractivity contribution in [3.8, 4) is 0 Å². The maximum Gasteiger partial charge on any atom is 0.270 e. The second-order valence-electron chi connectivity index (χ2n) is 5.68. The van der Waals surface area contributed by atoms with Crippen molar-refractivity contribution in [3.63, 3.8) is 0 Å². The standard InChI is InChI=1S/C16H17F2N3O2S/c1-8(2)15(10-4-5-13(24-18)11(17)6-10)21-16(23)12-7-14(22)20-9(3)19-12/h4-8,15H,1-3H3,(H,21,23)(H,19,20,22)/t15-/m1/s1. The Bertz CT molecular complexity index is 808. The van der Waals surface area contributed by atoms with Crippen molar-refractivity contribution in [1.29, 1.82) is 0 Å². The van der Waals surface area contributed by atoms with Crippen LogP contribution >= 0.6 is 12.1 Å². The summed E-state index contributed by atoms with van der Waals surface area (Å²) < 4.78 is 26.4. The Balaban J connectivity index is 2.30. The maximum absolute atomic E-state index is 13.8. The van der Waals surface area contributed by atoms with Gasteiger partial charge in [0.15, 0.2) is 0 Å². The Kier molecular flexibility index (Phi) is 5.71. The average Bonchev–Trinajstić information content (AvgIpc) is 2.51. The van der Waals surface area contributed by atoms with Crippen molar-refractivity contribution in [2.75, 3.05) is 0 Å². The Morgan fingerprint density at radius 2 is 2.04 bits per heavy atom. The van der Waals surface area contributed by atoms with Gasteiger partial charge in [0.25, 0.3) is 11.5 Å². The van der Waals surface area contributed by atoms with Gasteiger partial charge in [0, 0.05) is 6.07 Å². The summed E-state index contributed by atoms with van der Waals surface area (Å²) in [4.78, 5) is 30.2. The van der Waals surface area contributed by atoms with Crippen LogP contribution in [0.15, 0.2) is 34.0 Å². The fourth-order valence-corrected chi connectivity index (χ4v) is 2.57. The number of hydrogen-bond donors (Lipinski definition) is 2. The molecule has 2 aromatic rings. The first-order chi connectivity index (χ1) is 11.3. The predicted octanol–water partition coefficient (Wildman–Crippen LogP) is 3.32. The van der Waals surface area contributed by atoms with Crippen LogP contribution in [-0.2, 0) is 0 Å². The van der Waals surface area contributed by atoms with E-state index in [2.05, 4.69) is 15.3 Å². The minimum Gasteiger partial charge on any atom is -0.344 e. The molecule has 8 heteroatoms. The highest BCUT2D eigenvalue weighted by atomic mass is 32.2. The average molecular weight is 353 g/mol. The van der Waals surface area contributed by atoms with Gasteiger partial charge in [-0.05, 0) is 30.5 Å². The molecule has 0 bridgehead atoms. The van der Waals surface area contributed by atoms with Crippen molar-refractivity contribution < 1.29 is 13.1 Å². The molecule has 1 aromatic carbocycles. The molecular weight excluding hydrogens is 336 g/mol. The monoisotopic (exact) mass is 353 g/mol. The van der Waals surface area contributed by atoms with Crippen LogP contribution in [0.25, 0.3) is 0 Å². The lowest BCUT2D eigenvalue weighted by Crippen LogP contribution is -2.33. The van der Waals surface area contributed by atoms with Gasteiger partial charge < -0.3 is 10.3 Å². The fourth-order valence-electron chi connectivity index (χ4n) is 2.32. The largest absolute Gasteiger partial charge is 0.344 e. The van der Waals surface area contributed by atoms with Crippen LogP contribution in [0.4, 0.5) is 8.28 Å². The molecule has 2 N–H and O–H groups in total. The highest BCUT2D eigenvalue weighted by Crippen LogP contribution is 2.28. The highest BCUT2D eigenvalue weighted by Gasteiger charge is 2.21. The number of aryl methyl sites for hydroxylation is 1. The smallest absolute Gasteiger partial charge is 0.270 e. The first kappa shape index (κ1) is 18.1. The summed E-state index contributed by atoms with van der Waals surface area (Å²) in [5.74, 6) is -0.957. The third-order valence-corrected chi connectivity index (χ3v) is 3.94. The Hall–Kier alpha value is -2.22.